The molecule has 3 aliphatic carbocycles. The highest BCUT2D eigenvalue weighted by molar-refractivity contribution is 7.14. The molecule has 6 rings (SSSR count). The number of halogens is 6. The van der Waals surface area contributed by atoms with Crippen molar-refractivity contribution in [1.29, 1.82) is 0 Å². The van der Waals surface area contributed by atoms with E-state index in [2.05, 4.69) is 20.1 Å². The quantitative estimate of drug-likeness (QED) is 0.301. The number of fused-ring (bicyclic) bond motifs is 1. The Hall–Kier alpha value is -3.60. The molecule has 43 heavy (non-hydrogen) atoms. The highest BCUT2D eigenvalue weighted by Gasteiger charge is 2.71. The van der Waals surface area contributed by atoms with Gasteiger partial charge in [-0.2, -0.15) is 31.4 Å². The lowest BCUT2D eigenvalue weighted by atomic mass is 9.53. The number of rotatable bonds is 9. The Morgan fingerprint density at radius 3 is 2.40 bits per heavy atom. The monoisotopic (exact) mass is 633 g/mol. The van der Waals surface area contributed by atoms with Crippen LogP contribution < -0.4 is 20.5 Å². The molecule has 3 saturated carbocycles. The van der Waals surface area contributed by atoms with E-state index >= 15 is 0 Å². The highest BCUT2D eigenvalue weighted by Crippen LogP contribution is 2.57. The molecule has 3 heterocycles. The third kappa shape index (κ3) is 5.36. The van der Waals surface area contributed by atoms with Gasteiger partial charge >= 0.3 is 12.4 Å². The Labute approximate surface area is 243 Å². The average molecular weight is 634 g/mol. The number of carbonyl (C=O) groups is 2. The minimum Gasteiger partial charge on any atom is -0.488 e. The summed E-state index contributed by atoms with van der Waals surface area (Å²) in [4.78, 5) is 29.5. The van der Waals surface area contributed by atoms with Crippen LogP contribution in [0.5, 0.6) is 11.6 Å². The predicted molar refractivity (Wildman–Crippen MR) is 137 cm³/mol. The van der Waals surface area contributed by atoms with E-state index in [9.17, 15) is 41.0 Å². The van der Waals surface area contributed by atoms with Gasteiger partial charge in [-0.15, -0.1) is 11.3 Å². The molecule has 232 valence electrons. The van der Waals surface area contributed by atoms with Crippen LogP contribution in [0, 0.1) is 5.41 Å². The van der Waals surface area contributed by atoms with Gasteiger partial charge in [0.25, 0.3) is 17.4 Å². The summed E-state index contributed by atoms with van der Waals surface area (Å²) in [5.41, 5.74) is 0.833. The molecule has 0 saturated heterocycles. The van der Waals surface area contributed by atoms with Crippen LogP contribution in [-0.2, 0) is 0 Å². The van der Waals surface area contributed by atoms with E-state index in [1.54, 1.807) is 0 Å². The standard InChI is InChI=1S/C26H25F6N5O5S/c27-25(28,29)24(40,26(30,31)32)11-41-14-3-4-17-16(9-34-37(17)10-14)20(39)35-13-5-23(6-13)7-15(8-23)42-21-18(19(33)38)43-22(36-21)12-1-2-12/h3-4,9-10,12-13,15,40H,1-2,5-8,11H2,(H2,33,38)(H,35,39)/t13-,15-,23?. The van der Waals surface area contributed by atoms with Crippen molar-refractivity contribution in [3.05, 3.63) is 40.0 Å². The molecule has 2 amide bonds. The van der Waals surface area contributed by atoms with Gasteiger partial charge in [-0.25, -0.2) is 9.50 Å². The summed E-state index contributed by atoms with van der Waals surface area (Å²) in [6.07, 6.45) is -4.93. The second-order valence-electron chi connectivity index (χ2n) is 11.4. The summed E-state index contributed by atoms with van der Waals surface area (Å²) in [6.45, 7) is -2.12. The molecular weight excluding hydrogens is 608 g/mol. The fourth-order valence-corrected chi connectivity index (χ4v) is 6.65. The molecule has 0 aromatic carbocycles. The van der Waals surface area contributed by atoms with Gasteiger partial charge in [-0.1, -0.05) is 0 Å². The molecule has 3 fully saturated rings. The van der Waals surface area contributed by atoms with Gasteiger partial charge in [0, 0.05) is 12.0 Å². The van der Waals surface area contributed by atoms with E-state index in [1.807, 2.05) is 0 Å². The Bertz CT molecular complexity index is 1550. The number of aromatic nitrogens is 3. The SMILES string of the molecule is NC(=O)c1sc(C2CC2)nc1O[C@H]1CC2(C[C@H](NC(=O)c3cnn4cc(OCC(O)(C(F)(F)F)C(F)(F)F)ccc34)C2)C1. The van der Waals surface area contributed by atoms with Crippen molar-refractivity contribution in [3.63, 3.8) is 0 Å². The normalized spacial score (nSPS) is 24.0. The van der Waals surface area contributed by atoms with Gasteiger partial charge in [0.05, 0.1) is 23.5 Å². The Kier molecular flexibility index (Phi) is 6.83. The summed E-state index contributed by atoms with van der Waals surface area (Å²) in [5.74, 6) is -0.773. The zero-order valence-corrected chi connectivity index (χ0v) is 23.0. The van der Waals surface area contributed by atoms with Crippen LogP contribution in [0.25, 0.3) is 5.52 Å². The summed E-state index contributed by atoms with van der Waals surface area (Å²) >= 11 is 1.28. The number of carbonyl (C=O) groups excluding carboxylic acids is 2. The first-order valence-electron chi connectivity index (χ1n) is 13.3. The number of thiazole rings is 1. The number of nitrogens with zero attached hydrogens (tertiary/aromatic N) is 3. The van der Waals surface area contributed by atoms with Crippen LogP contribution >= 0.6 is 11.3 Å². The van der Waals surface area contributed by atoms with Crippen LogP contribution in [0.1, 0.15) is 69.5 Å². The van der Waals surface area contributed by atoms with Crippen LogP contribution in [-0.4, -0.2) is 68.2 Å². The maximum atomic E-state index is 12.9. The van der Waals surface area contributed by atoms with E-state index in [0.717, 1.165) is 47.5 Å². The average Bonchev–Trinajstić information content (AvgIpc) is 3.49. The number of ether oxygens (including phenoxy) is 2. The summed E-state index contributed by atoms with van der Waals surface area (Å²) in [7, 11) is 0. The van der Waals surface area contributed by atoms with Crippen molar-refractivity contribution in [2.24, 2.45) is 11.1 Å². The van der Waals surface area contributed by atoms with Crippen molar-refractivity contribution in [2.45, 2.75) is 74.5 Å². The Morgan fingerprint density at radius 1 is 1.12 bits per heavy atom. The number of pyridine rings is 1. The lowest BCUT2D eigenvalue weighted by Crippen LogP contribution is -2.60. The third-order valence-electron chi connectivity index (χ3n) is 8.18. The predicted octanol–water partition coefficient (Wildman–Crippen LogP) is 4.12. The molecule has 1 spiro atoms. The summed E-state index contributed by atoms with van der Waals surface area (Å²) in [6, 6.07) is 2.23. The number of hydrogen-bond acceptors (Lipinski definition) is 8. The number of amides is 2. The molecule has 10 nitrogen and oxygen atoms in total. The summed E-state index contributed by atoms with van der Waals surface area (Å²) < 4.78 is 89.1. The number of nitrogens with two attached hydrogens (primary N) is 1. The van der Waals surface area contributed by atoms with Crippen LogP contribution in [0.2, 0.25) is 0 Å². The fraction of sp³-hybridized carbons (Fsp3) is 0.538. The lowest BCUT2D eigenvalue weighted by molar-refractivity contribution is -0.373. The molecule has 4 N–H and O–H groups in total. The van der Waals surface area contributed by atoms with Crippen LogP contribution in [0.4, 0.5) is 26.3 Å². The van der Waals surface area contributed by atoms with Crippen molar-refractivity contribution in [3.8, 4) is 11.6 Å². The zero-order valence-electron chi connectivity index (χ0n) is 22.2. The number of alkyl halides is 6. The van der Waals surface area contributed by atoms with Gasteiger partial charge in [0.1, 0.15) is 23.5 Å². The first kappa shape index (κ1) is 29.5. The highest BCUT2D eigenvalue weighted by atomic mass is 32.1. The van der Waals surface area contributed by atoms with E-state index < -0.39 is 42.1 Å². The van der Waals surface area contributed by atoms with E-state index in [-0.39, 0.29) is 28.6 Å². The van der Waals surface area contributed by atoms with E-state index in [1.165, 1.54) is 23.6 Å². The molecule has 0 atom stereocenters. The molecule has 0 radical (unpaired) electrons. The van der Waals surface area contributed by atoms with Gasteiger partial charge in [0.2, 0.25) is 5.88 Å². The summed E-state index contributed by atoms with van der Waals surface area (Å²) in [5, 5.41) is 17.0. The molecule has 0 aliphatic heterocycles. The van der Waals surface area contributed by atoms with Crippen molar-refractivity contribution in [2.75, 3.05) is 6.61 Å². The van der Waals surface area contributed by atoms with Gasteiger partial charge in [0.15, 0.2) is 4.88 Å². The Morgan fingerprint density at radius 2 is 1.79 bits per heavy atom. The topological polar surface area (TPSA) is 141 Å². The van der Waals surface area contributed by atoms with Crippen molar-refractivity contribution >= 4 is 28.7 Å². The second kappa shape index (κ2) is 9.97. The molecular formula is C26H25F6N5O5S. The van der Waals surface area contributed by atoms with Crippen molar-refractivity contribution < 1.29 is 50.5 Å². The Balaban J connectivity index is 1.02. The smallest absolute Gasteiger partial charge is 0.429 e. The molecule has 0 unspecified atom stereocenters. The fourth-order valence-electron chi connectivity index (χ4n) is 5.63. The van der Waals surface area contributed by atoms with E-state index in [0.29, 0.717) is 29.5 Å². The largest absolute Gasteiger partial charge is 0.488 e. The number of nitrogens with one attached hydrogen (secondary N) is 1. The van der Waals surface area contributed by atoms with Gasteiger partial charge in [-0.05, 0) is 56.1 Å². The maximum Gasteiger partial charge on any atom is 0.429 e. The van der Waals surface area contributed by atoms with Gasteiger partial charge < -0.3 is 25.6 Å². The lowest BCUT2D eigenvalue weighted by Gasteiger charge is -2.57. The zero-order chi connectivity index (χ0) is 30.9. The van der Waals surface area contributed by atoms with Crippen molar-refractivity contribution in [1.82, 2.24) is 19.9 Å². The molecule has 3 aromatic rings. The molecule has 3 aliphatic rings. The van der Waals surface area contributed by atoms with Crippen LogP contribution in [0.15, 0.2) is 24.5 Å². The first-order chi connectivity index (χ1) is 20.1. The molecule has 17 heteroatoms. The molecule has 3 aromatic heterocycles. The third-order valence-corrected chi connectivity index (χ3v) is 9.39. The molecule has 0 bridgehead atoms. The second-order valence-corrected chi connectivity index (χ2v) is 12.5. The number of hydrogen-bond donors (Lipinski definition) is 3. The maximum absolute atomic E-state index is 12.9. The van der Waals surface area contributed by atoms with Crippen LogP contribution in [0.3, 0.4) is 0 Å². The minimum atomic E-state index is -6.02. The van der Waals surface area contributed by atoms with Gasteiger partial charge in [-0.3, -0.25) is 9.59 Å². The number of aliphatic hydroxyl groups is 1. The van der Waals surface area contributed by atoms with E-state index in [4.69, 9.17) is 10.5 Å². The minimum absolute atomic E-state index is 0.00688. The first-order valence-corrected chi connectivity index (χ1v) is 14.1. The number of primary amides is 1.